The number of imidazole rings is 1. The van der Waals surface area contributed by atoms with Gasteiger partial charge >= 0.3 is 0 Å². The van der Waals surface area contributed by atoms with Crippen LogP contribution in [0.25, 0.3) is 0 Å². The predicted molar refractivity (Wildman–Crippen MR) is 96.4 cm³/mol. The number of sulfonamides is 1. The number of hydrogen-bond acceptors (Lipinski definition) is 4. The highest BCUT2D eigenvalue weighted by Crippen LogP contribution is 2.26. The molecular weight excluding hydrogens is 338 g/mol. The van der Waals surface area contributed by atoms with Gasteiger partial charge in [0.1, 0.15) is 11.6 Å². The van der Waals surface area contributed by atoms with E-state index in [0.717, 1.165) is 30.2 Å². The molecule has 0 fully saturated rings. The molecule has 2 aromatic rings. The van der Waals surface area contributed by atoms with Gasteiger partial charge in [-0.3, -0.25) is 0 Å². The van der Waals surface area contributed by atoms with Gasteiger partial charge < -0.3 is 9.30 Å². The van der Waals surface area contributed by atoms with Gasteiger partial charge in [0.25, 0.3) is 10.0 Å². The molecule has 0 aliphatic carbocycles. The summed E-state index contributed by atoms with van der Waals surface area (Å²) in [7, 11) is -1.82. The highest BCUT2D eigenvalue weighted by molar-refractivity contribution is 7.89. The molecule has 1 N–H and O–H groups in total. The second kappa shape index (κ2) is 6.80. The number of fused-ring (bicyclic) bond motifs is 1. The zero-order valence-corrected chi connectivity index (χ0v) is 15.9. The average Bonchev–Trinajstić information content (AvgIpc) is 3.12. The maximum absolute atomic E-state index is 12.6. The quantitative estimate of drug-likeness (QED) is 0.855. The van der Waals surface area contributed by atoms with E-state index in [2.05, 4.69) is 15.8 Å². The molecule has 136 valence electrons. The third-order valence-corrected chi connectivity index (χ3v) is 5.79. The Kier molecular flexibility index (Phi) is 4.88. The second-order valence-corrected chi connectivity index (χ2v) is 8.63. The lowest BCUT2D eigenvalue weighted by atomic mass is 10.0. The van der Waals surface area contributed by atoms with Crippen LogP contribution in [0.15, 0.2) is 29.4 Å². The summed E-state index contributed by atoms with van der Waals surface area (Å²) in [5.41, 5.74) is 2.29. The first-order valence-electron chi connectivity index (χ1n) is 8.56. The minimum atomic E-state index is -3.63. The fourth-order valence-corrected chi connectivity index (χ4v) is 4.45. The maximum atomic E-state index is 12.6. The van der Waals surface area contributed by atoms with Crippen LogP contribution in [-0.4, -0.2) is 30.6 Å². The van der Waals surface area contributed by atoms with Crippen molar-refractivity contribution < 1.29 is 13.2 Å². The summed E-state index contributed by atoms with van der Waals surface area (Å²) >= 11 is 0. The van der Waals surface area contributed by atoms with Crippen LogP contribution in [-0.2, 0) is 29.9 Å². The Morgan fingerprint density at radius 1 is 1.32 bits per heavy atom. The smallest absolute Gasteiger partial charge is 0.259 e. The third kappa shape index (κ3) is 3.88. The molecule has 2 heterocycles. The van der Waals surface area contributed by atoms with Crippen LogP contribution in [0.3, 0.4) is 0 Å². The van der Waals surface area contributed by atoms with Gasteiger partial charge in [-0.15, -0.1) is 0 Å². The summed E-state index contributed by atoms with van der Waals surface area (Å²) in [6.07, 6.45) is 3.10. The molecule has 0 radical (unpaired) electrons. The molecule has 0 spiro atoms. The van der Waals surface area contributed by atoms with Gasteiger partial charge in [0.05, 0.1) is 6.61 Å². The molecule has 1 aromatic heterocycles. The summed E-state index contributed by atoms with van der Waals surface area (Å²) < 4.78 is 35.2. The standard InChI is InChI=1S/C18H25N3O3S/c1-12(2)18-19-17(11-21(18)4)25(22,23)20-13(3)9-14-5-6-16-15(10-14)7-8-24-16/h5-6,10-13,20H,7-9H2,1-4H3/t13-/m0/s1. The minimum Gasteiger partial charge on any atom is -0.493 e. The van der Waals surface area contributed by atoms with Crippen molar-refractivity contribution in [1.29, 1.82) is 0 Å². The SMILES string of the molecule is CC(C)c1nc(S(=O)(=O)N[C@@H](C)Cc2ccc3c(c2)CCO3)cn1C. The highest BCUT2D eigenvalue weighted by atomic mass is 32.2. The lowest BCUT2D eigenvalue weighted by Crippen LogP contribution is -2.34. The lowest BCUT2D eigenvalue weighted by Gasteiger charge is -2.13. The Morgan fingerprint density at radius 2 is 2.08 bits per heavy atom. The molecule has 6 nitrogen and oxygen atoms in total. The van der Waals surface area contributed by atoms with Crippen LogP contribution in [0, 0.1) is 0 Å². The van der Waals surface area contributed by atoms with Crippen molar-refractivity contribution in [2.45, 2.75) is 50.6 Å². The minimum absolute atomic E-state index is 0.0768. The zero-order chi connectivity index (χ0) is 18.2. The predicted octanol–water partition coefficient (Wildman–Crippen LogP) is 2.39. The van der Waals surface area contributed by atoms with Crippen LogP contribution in [0.5, 0.6) is 5.75 Å². The van der Waals surface area contributed by atoms with Crippen molar-refractivity contribution in [3.8, 4) is 5.75 Å². The summed E-state index contributed by atoms with van der Waals surface area (Å²) in [4.78, 5) is 4.28. The van der Waals surface area contributed by atoms with Crippen molar-refractivity contribution in [3.63, 3.8) is 0 Å². The van der Waals surface area contributed by atoms with Crippen molar-refractivity contribution in [2.75, 3.05) is 6.61 Å². The normalized spacial score (nSPS) is 15.2. The Bertz CT molecular complexity index is 872. The van der Waals surface area contributed by atoms with Crippen LogP contribution in [0.1, 0.15) is 43.6 Å². The summed E-state index contributed by atoms with van der Waals surface area (Å²) in [5.74, 6) is 1.86. The highest BCUT2D eigenvalue weighted by Gasteiger charge is 2.23. The van der Waals surface area contributed by atoms with E-state index >= 15 is 0 Å². The molecule has 7 heteroatoms. The Balaban J connectivity index is 1.71. The van der Waals surface area contributed by atoms with E-state index in [1.165, 1.54) is 5.56 Å². The zero-order valence-electron chi connectivity index (χ0n) is 15.1. The number of rotatable bonds is 6. The van der Waals surface area contributed by atoms with E-state index in [9.17, 15) is 8.42 Å². The number of aryl methyl sites for hydroxylation is 1. The number of nitrogens with zero attached hydrogens (tertiary/aromatic N) is 2. The Morgan fingerprint density at radius 3 is 2.76 bits per heavy atom. The summed E-state index contributed by atoms with van der Waals surface area (Å²) in [6.45, 7) is 6.57. The summed E-state index contributed by atoms with van der Waals surface area (Å²) in [6, 6.07) is 5.83. The van der Waals surface area contributed by atoms with E-state index in [4.69, 9.17) is 4.74 Å². The number of ether oxygens (including phenoxy) is 1. The number of nitrogens with one attached hydrogen (secondary N) is 1. The summed E-state index contributed by atoms with van der Waals surface area (Å²) in [5, 5.41) is 0.0768. The van der Waals surface area contributed by atoms with Crippen molar-refractivity contribution in [3.05, 3.63) is 41.3 Å². The van der Waals surface area contributed by atoms with Gasteiger partial charge in [0.2, 0.25) is 0 Å². The number of benzene rings is 1. The molecule has 0 saturated heterocycles. The van der Waals surface area contributed by atoms with E-state index in [0.29, 0.717) is 6.42 Å². The van der Waals surface area contributed by atoms with Gasteiger partial charge in [-0.05, 0) is 30.5 Å². The number of aromatic nitrogens is 2. The third-order valence-electron chi connectivity index (χ3n) is 4.33. The molecule has 1 aromatic carbocycles. The second-order valence-electron chi connectivity index (χ2n) is 6.97. The van der Waals surface area contributed by atoms with Crippen LogP contribution in [0.2, 0.25) is 0 Å². The first-order chi connectivity index (χ1) is 11.8. The Labute approximate surface area is 149 Å². The van der Waals surface area contributed by atoms with Crippen molar-refractivity contribution in [1.82, 2.24) is 14.3 Å². The van der Waals surface area contributed by atoms with Gasteiger partial charge in [-0.25, -0.2) is 18.1 Å². The van der Waals surface area contributed by atoms with E-state index in [-0.39, 0.29) is 17.0 Å². The molecular formula is C18H25N3O3S. The topological polar surface area (TPSA) is 73.2 Å². The van der Waals surface area contributed by atoms with Crippen molar-refractivity contribution >= 4 is 10.0 Å². The van der Waals surface area contributed by atoms with Crippen LogP contribution >= 0.6 is 0 Å². The molecule has 0 saturated carbocycles. The molecule has 1 aliphatic heterocycles. The Hall–Kier alpha value is -1.86. The van der Waals surface area contributed by atoms with Crippen LogP contribution < -0.4 is 9.46 Å². The average molecular weight is 363 g/mol. The molecule has 1 atom stereocenters. The number of hydrogen-bond donors (Lipinski definition) is 1. The molecule has 0 amide bonds. The molecule has 1 aliphatic rings. The van der Waals surface area contributed by atoms with E-state index in [1.807, 2.05) is 40.0 Å². The first-order valence-corrected chi connectivity index (χ1v) is 10.0. The van der Waals surface area contributed by atoms with Gasteiger partial charge in [-0.1, -0.05) is 26.0 Å². The maximum Gasteiger partial charge on any atom is 0.259 e. The lowest BCUT2D eigenvalue weighted by molar-refractivity contribution is 0.357. The molecule has 3 rings (SSSR count). The molecule has 25 heavy (non-hydrogen) atoms. The van der Waals surface area contributed by atoms with Crippen LogP contribution in [0.4, 0.5) is 0 Å². The largest absolute Gasteiger partial charge is 0.493 e. The van der Waals surface area contributed by atoms with Gasteiger partial charge in [0.15, 0.2) is 5.03 Å². The first kappa shape index (κ1) is 17.9. The van der Waals surface area contributed by atoms with E-state index in [1.54, 1.807) is 10.8 Å². The molecule has 0 bridgehead atoms. The van der Waals surface area contributed by atoms with Crippen molar-refractivity contribution in [2.24, 2.45) is 7.05 Å². The molecule has 0 unspecified atom stereocenters. The fraction of sp³-hybridized carbons (Fsp3) is 0.500. The monoisotopic (exact) mass is 363 g/mol. The van der Waals surface area contributed by atoms with E-state index < -0.39 is 10.0 Å². The van der Waals surface area contributed by atoms with Gasteiger partial charge in [0, 0.05) is 31.6 Å². The fourth-order valence-electron chi connectivity index (χ4n) is 3.21. The van der Waals surface area contributed by atoms with Gasteiger partial charge in [-0.2, -0.15) is 0 Å².